The molecule has 0 saturated carbocycles. The van der Waals surface area contributed by atoms with Gasteiger partial charge in [-0.15, -0.1) is 0 Å². The van der Waals surface area contributed by atoms with E-state index in [4.69, 9.17) is 10.2 Å². The molecule has 0 aliphatic heterocycles. The van der Waals surface area contributed by atoms with E-state index >= 15 is 0 Å². The van der Waals surface area contributed by atoms with Gasteiger partial charge in [-0.05, 0) is 18.2 Å². The minimum Gasteiger partial charge on any atom is -0.481 e. The molecule has 0 saturated heterocycles. The Morgan fingerprint density at radius 1 is 1.19 bits per heavy atom. The summed E-state index contributed by atoms with van der Waals surface area (Å²) in [5.74, 6) is 2.00. The van der Waals surface area contributed by atoms with Crippen LogP contribution in [0.5, 0.6) is 0 Å². The van der Waals surface area contributed by atoms with Gasteiger partial charge >= 0.3 is 18.3 Å². The number of hydrogen-bond donors (Lipinski definition) is 3. The van der Waals surface area contributed by atoms with Crippen molar-refractivity contribution in [2.75, 3.05) is 6.61 Å². The summed E-state index contributed by atoms with van der Waals surface area (Å²) in [5, 5.41) is 17.1. The Balaban J connectivity index is 3.51. The lowest BCUT2D eigenvalue weighted by Crippen LogP contribution is -2.46. The standard InChI is InChI=1S/C14H11F6NO5S/c15-13(16,17)9-4-3-8(2-1-5-22)10(6-9)27(25,26)21-11(7-12(23)24)14(18,19)20/h3-4,6,11,21-22H,5,7H2,(H,23,24). The van der Waals surface area contributed by atoms with E-state index in [1.807, 2.05) is 11.8 Å². The van der Waals surface area contributed by atoms with Crippen LogP contribution in [0.3, 0.4) is 0 Å². The quantitative estimate of drug-likeness (QED) is 0.498. The van der Waals surface area contributed by atoms with E-state index < -0.39 is 63.4 Å². The highest BCUT2D eigenvalue weighted by molar-refractivity contribution is 7.89. The van der Waals surface area contributed by atoms with Crippen LogP contribution in [0.15, 0.2) is 23.1 Å². The number of benzene rings is 1. The lowest BCUT2D eigenvalue weighted by atomic mass is 10.1. The van der Waals surface area contributed by atoms with Gasteiger partial charge in [0.1, 0.15) is 12.6 Å². The van der Waals surface area contributed by atoms with Crippen LogP contribution in [0.4, 0.5) is 26.3 Å². The number of carbonyl (C=O) groups is 1. The van der Waals surface area contributed by atoms with Crippen LogP contribution in [-0.4, -0.2) is 43.4 Å². The molecule has 0 aliphatic rings. The zero-order chi connectivity index (χ0) is 21.0. The molecule has 0 radical (unpaired) electrons. The minimum atomic E-state index is -5.32. The van der Waals surface area contributed by atoms with Gasteiger partial charge in [-0.25, -0.2) is 8.42 Å². The van der Waals surface area contributed by atoms with Gasteiger partial charge in [-0.1, -0.05) is 11.8 Å². The van der Waals surface area contributed by atoms with Crippen LogP contribution in [0.2, 0.25) is 0 Å². The molecular formula is C14H11F6NO5S. The minimum absolute atomic E-state index is 0.0674. The van der Waals surface area contributed by atoms with E-state index in [0.717, 1.165) is 4.72 Å². The highest BCUT2D eigenvalue weighted by Gasteiger charge is 2.44. The van der Waals surface area contributed by atoms with Gasteiger partial charge in [0.15, 0.2) is 0 Å². The molecule has 0 fully saturated rings. The lowest BCUT2D eigenvalue weighted by molar-refractivity contribution is -0.163. The van der Waals surface area contributed by atoms with Crippen LogP contribution < -0.4 is 4.72 Å². The van der Waals surface area contributed by atoms with Gasteiger partial charge in [0, 0.05) is 5.56 Å². The summed E-state index contributed by atoms with van der Waals surface area (Å²) < 4.78 is 103. The number of aliphatic hydroxyl groups excluding tert-OH is 1. The molecule has 3 N–H and O–H groups in total. The average Bonchev–Trinajstić information content (AvgIpc) is 2.49. The maximum atomic E-state index is 12.9. The fraction of sp³-hybridized carbons (Fsp3) is 0.357. The fourth-order valence-corrected chi connectivity index (χ4v) is 3.22. The van der Waals surface area contributed by atoms with Gasteiger partial charge < -0.3 is 10.2 Å². The fourth-order valence-electron chi connectivity index (χ4n) is 1.81. The van der Waals surface area contributed by atoms with Crippen LogP contribution in [-0.2, 0) is 21.0 Å². The van der Waals surface area contributed by atoms with E-state index in [2.05, 4.69) is 0 Å². The SMILES string of the molecule is O=C(O)CC(NS(=O)(=O)c1cc(C(F)(F)F)ccc1C#CCO)C(F)(F)F. The molecule has 6 nitrogen and oxygen atoms in total. The summed E-state index contributed by atoms with van der Waals surface area (Å²) in [6.07, 6.45) is -12.0. The summed E-state index contributed by atoms with van der Waals surface area (Å²) in [6, 6.07) is -1.94. The van der Waals surface area contributed by atoms with E-state index in [9.17, 15) is 39.6 Å². The molecule has 0 amide bonds. The number of aliphatic hydroxyl groups is 1. The van der Waals surface area contributed by atoms with Crippen molar-refractivity contribution in [3.8, 4) is 11.8 Å². The molecule has 1 atom stereocenters. The van der Waals surface area contributed by atoms with Crippen molar-refractivity contribution >= 4 is 16.0 Å². The molecule has 150 valence electrons. The normalized spacial score (nSPS) is 13.6. The number of rotatable bonds is 5. The number of nitrogens with one attached hydrogen (secondary N) is 1. The molecule has 1 aromatic rings. The van der Waals surface area contributed by atoms with E-state index in [1.54, 1.807) is 0 Å². The summed E-state index contributed by atoms with van der Waals surface area (Å²) in [5.41, 5.74) is -2.08. The molecule has 27 heavy (non-hydrogen) atoms. The van der Waals surface area contributed by atoms with Crippen molar-refractivity contribution in [3.63, 3.8) is 0 Å². The first-order chi connectivity index (χ1) is 12.2. The average molecular weight is 419 g/mol. The first kappa shape index (κ1) is 22.7. The highest BCUT2D eigenvalue weighted by Crippen LogP contribution is 2.32. The second kappa shape index (κ2) is 8.15. The summed E-state index contributed by atoms with van der Waals surface area (Å²) in [6.45, 7) is -0.794. The van der Waals surface area contributed by atoms with E-state index in [-0.39, 0.29) is 6.07 Å². The Labute approximate surface area is 148 Å². The number of alkyl halides is 6. The van der Waals surface area contributed by atoms with E-state index in [1.165, 1.54) is 0 Å². The Morgan fingerprint density at radius 2 is 1.78 bits per heavy atom. The van der Waals surface area contributed by atoms with Crippen molar-refractivity contribution in [1.82, 2.24) is 4.72 Å². The molecular weight excluding hydrogens is 408 g/mol. The Hall–Kier alpha value is -2.30. The molecule has 0 bridgehead atoms. The van der Waals surface area contributed by atoms with Crippen molar-refractivity contribution in [2.24, 2.45) is 0 Å². The number of carboxylic acid groups (broad SMARTS) is 1. The largest absolute Gasteiger partial charge is 0.481 e. The van der Waals surface area contributed by atoms with Crippen LogP contribution >= 0.6 is 0 Å². The first-order valence-corrected chi connectivity index (χ1v) is 8.28. The van der Waals surface area contributed by atoms with Gasteiger partial charge in [0.05, 0.1) is 16.9 Å². The van der Waals surface area contributed by atoms with Crippen molar-refractivity contribution in [3.05, 3.63) is 29.3 Å². The Bertz CT molecular complexity index is 867. The number of hydrogen-bond acceptors (Lipinski definition) is 4. The van der Waals surface area contributed by atoms with Gasteiger partial charge in [-0.2, -0.15) is 31.1 Å². The molecule has 0 heterocycles. The summed E-state index contributed by atoms with van der Waals surface area (Å²) in [7, 11) is -5.25. The molecule has 0 aliphatic carbocycles. The number of halogens is 6. The third-order valence-electron chi connectivity index (χ3n) is 2.97. The summed E-state index contributed by atoms with van der Waals surface area (Å²) >= 11 is 0. The van der Waals surface area contributed by atoms with Crippen LogP contribution in [0.25, 0.3) is 0 Å². The molecule has 1 rings (SSSR count). The maximum Gasteiger partial charge on any atom is 0.416 e. The maximum absolute atomic E-state index is 12.9. The van der Waals surface area contributed by atoms with E-state index in [0.29, 0.717) is 12.1 Å². The van der Waals surface area contributed by atoms with Crippen LogP contribution in [0, 0.1) is 11.8 Å². The number of aliphatic carboxylic acids is 1. The van der Waals surface area contributed by atoms with Crippen molar-refractivity contribution in [1.29, 1.82) is 0 Å². The first-order valence-electron chi connectivity index (χ1n) is 6.80. The second-order valence-electron chi connectivity index (χ2n) is 4.98. The van der Waals surface area contributed by atoms with Gasteiger partial charge in [0.2, 0.25) is 10.0 Å². The second-order valence-corrected chi connectivity index (χ2v) is 6.66. The predicted molar refractivity (Wildman–Crippen MR) is 77.8 cm³/mol. The highest BCUT2D eigenvalue weighted by atomic mass is 32.2. The Morgan fingerprint density at radius 3 is 2.22 bits per heavy atom. The number of sulfonamides is 1. The summed E-state index contributed by atoms with van der Waals surface area (Å²) in [4.78, 5) is 9.30. The van der Waals surface area contributed by atoms with Gasteiger partial charge in [-0.3, -0.25) is 4.79 Å². The zero-order valence-electron chi connectivity index (χ0n) is 13.0. The molecule has 1 unspecified atom stereocenters. The number of carboxylic acids is 1. The monoisotopic (exact) mass is 419 g/mol. The third-order valence-corrected chi connectivity index (χ3v) is 4.48. The predicted octanol–water partition coefficient (Wildman–Crippen LogP) is 1.73. The van der Waals surface area contributed by atoms with Crippen molar-refractivity contribution in [2.45, 2.75) is 29.7 Å². The lowest BCUT2D eigenvalue weighted by Gasteiger charge is -2.20. The Kier molecular flexibility index (Phi) is 6.87. The van der Waals surface area contributed by atoms with Crippen LogP contribution in [0.1, 0.15) is 17.5 Å². The third kappa shape index (κ3) is 6.42. The van der Waals surface area contributed by atoms with Gasteiger partial charge in [0.25, 0.3) is 0 Å². The molecule has 1 aromatic carbocycles. The van der Waals surface area contributed by atoms with Crippen molar-refractivity contribution < 1.29 is 49.8 Å². The molecule has 0 spiro atoms. The zero-order valence-corrected chi connectivity index (χ0v) is 13.8. The molecule has 13 heteroatoms. The smallest absolute Gasteiger partial charge is 0.416 e. The topological polar surface area (TPSA) is 104 Å². The molecule has 0 aromatic heterocycles.